The zero-order valence-corrected chi connectivity index (χ0v) is 11.9. The van der Waals surface area contributed by atoms with E-state index in [9.17, 15) is 4.79 Å². The lowest BCUT2D eigenvalue weighted by Gasteiger charge is -2.08. The van der Waals surface area contributed by atoms with Crippen LogP contribution in [0.3, 0.4) is 0 Å². The minimum absolute atomic E-state index is 0.200. The number of carboxylic acid groups (broad SMARTS) is 1. The van der Waals surface area contributed by atoms with Crippen molar-refractivity contribution in [3.63, 3.8) is 0 Å². The van der Waals surface area contributed by atoms with Crippen molar-refractivity contribution < 1.29 is 19.4 Å². The average Bonchev–Trinajstić information content (AvgIpc) is 2.33. The summed E-state index contributed by atoms with van der Waals surface area (Å²) in [4.78, 5) is 10.9. The molecule has 5 heteroatoms. The second-order valence-corrected chi connectivity index (χ2v) is 4.71. The average molecular weight is 317 g/mol. The zero-order valence-electron chi connectivity index (χ0n) is 10.3. The first-order valence-corrected chi connectivity index (χ1v) is 6.67. The molecule has 0 bridgehead atoms. The Morgan fingerprint density at radius 1 is 1.28 bits per heavy atom. The molecule has 0 aliphatic carbocycles. The highest BCUT2D eigenvalue weighted by atomic mass is 79.9. The first-order valence-electron chi connectivity index (χ1n) is 5.88. The predicted molar refractivity (Wildman–Crippen MR) is 72.3 cm³/mol. The molecule has 1 N–H and O–H groups in total. The van der Waals surface area contributed by atoms with Gasteiger partial charge in [0.2, 0.25) is 0 Å². The minimum Gasteiger partial charge on any atom is -0.491 e. The van der Waals surface area contributed by atoms with Gasteiger partial charge in [-0.3, -0.25) is 0 Å². The van der Waals surface area contributed by atoms with Gasteiger partial charge in [0.25, 0.3) is 0 Å². The predicted octanol–water partition coefficient (Wildman–Crippen LogP) is 3.34. The second-order valence-electron chi connectivity index (χ2n) is 3.80. The Balaban J connectivity index is 2.40. The van der Waals surface area contributed by atoms with Gasteiger partial charge in [-0.25, -0.2) is 4.79 Å². The van der Waals surface area contributed by atoms with E-state index in [4.69, 9.17) is 14.6 Å². The normalized spacial score (nSPS) is 10.3. The van der Waals surface area contributed by atoms with Crippen LogP contribution >= 0.6 is 15.9 Å². The number of hydrogen-bond donors (Lipinski definition) is 1. The highest BCUT2D eigenvalue weighted by Gasteiger charge is 2.06. The van der Waals surface area contributed by atoms with Crippen molar-refractivity contribution in [1.82, 2.24) is 0 Å². The third kappa shape index (κ3) is 5.51. The molecular weight excluding hydrogens is 300 g/mol. The summed E-state index contributed by atoms with van der Waals surface area (Å²) in [6.07, 6.45) is 2.15. The zero-order chi connectivity index (χ0) is 13.4. The number of benzene rings is 1. The largest absolute Gasteiger partial charge is 0.491 e. The first-order chi connectivity index (χ1) is 8.63. The van der Waals surface area contributed by atoms with Gasteiger partial charge < -0.3 is 14.6 Å². The van der Waals surface area contributed by atoms with Crippen molar-refractivity contribution >= 4 is 21.9 Å². The van der Waals surface area contributed by atoms with Crippen molar-refractivity contribution in [2.45, 2.75) is 19.8 Å². The van der Waals surface area contributed by atoms with E-state index in [1.165, 1.54) is 12.1 Å². The summed E-state index contributed by atoms with van der Waals surface area (Å²) in [5, 5.41) is 8.90. The van der Waals surface area contributed by atoms with Gasteiger partial charge in [0.1, 0.15) is 12.4 Å². The van der Waals surface area contributed by atoms with Crippen LogP contribution in [0.25, 0.3) is 0 Å². The summed E-state index contributed by atoms with van der Waals surface area (Å²) in [6, 6.07) is 4.77. The Labute approximate surface area is 115 Å². The summed E-state index contributed by atoms with van der Waals surface area (Å²) in [7, 11) is 0. The maximum atomic E-state index is 10.9. The maximum absolute atomic E-state index is 10.9. The molecule has 18 heavy (non-hydrogen) atoms. The van der Waals surface area contributed by atoms with Crippen molar-refractivity contribution in [2.24, 2.45) is 0 Å². The summed E-state index contributed by atoms with van der Waals surface area (Å²) in [5.74, 6) is -0.443. The topological polar surface area (TPSA) is 55.8 Å². The smallest absolute Gasteiger partial charge is 0.335 e. The maximum Gasteiger partial charge on any atom is 0.335 e. The van der Waals surface area contributed by atoms with E-state index in [1.54, 1.807) is 6.07 Å². The SMILES string of the molecule is CCCCOCCOc1cc(Br)cc(C(=O)O)c1. The lowest BCUT2D eigenvalue weighted by molar-refractivity contribution is 0.0696. The lowest BCUT2D eigenvalue weighted by atomic mass is 10.2. The van der Waals surface area contributed by atoms with Crippen molar-refractivity contribution in [2.75, 3.05) is 19.8 Å². The van der Waals surface area contributed by atoms with E-state index in [1.807, 2.05) is 0 Å². The minimum atomic E-state index is -0.972. The molecule has 1 rings (SSSR count). The van der Waals surface area contributed by atoms with Crippen molar-refractivity contribution in [3.05, 3.63) is 28.2 Å². The van der Waals surface area contributed by atoms with E-state index in [0.717, 1.165) is 19.4 Å². The van der Waals surface area contributed by atoms with Crippen molar-refractivity contribution in [3.8, 4) is 5.75 Å². The molecule has 0 aliphatic rings. The fourth-order valence-corrected chi connectivity index (χ4v) is 1.81. The molecule has 0 radical (unpaired) electrons. The van der Waals surface area contributed by atoms with E-state index in [2.05, 4.69) is 22.9 Å². The molecule has 0 heterocycles. The van der Waals surface area contributed by atoms with Crippen LogP contribution in [0.2, 0.25) is 0 Å². The van der Waals surface area contributed by atoms with Crippen LogP contribution in [-0.4, -0.2) is 30.9 Å². The summed E-state index contributed by atoms with van der Waals surface area (Å²) in [6.45, 7) is 3.77. The molecule has 0 fully saturated rings. The van der Waals surface area contributed by atoms with Crippen LogP contribution in [0, 0.1) is 0 Å². The van der Waals surface area contributed by atoms with Gasteiger partial charge in [0.05, 0.1) is 12.2 Å². The molecule has 0 saturated heterocycles. The number of carbonyl (C=O) groups is 1. The Morgan fingerprint density at radius 3 is 2.72 bits per heavy atom. The Hall–Kier alpha value is -1.07. The molecule has 1 aromatic rings. The second kappa shape index (κ2) is 8.11. The summed E-state index contributed by atoms with van der Waals surface area (Å²) in [5.41, 5.74) is 0.200. The van der Waals surface area contributed by atoms with Gasteiger partial charge >= 0.3 is 5.97 Å². The molecular formula is C13H17BrO4. The number of hydrogen-bond acceptors (Lipinski definition) is 3. The van der Waals surface area contributed by atoms with Crippen LogP contribution in [0.1, 0.15) is 30.1 Å². The summed E-state index contributed by atoms with van der Waals surface area (Å²) < 4.78 is 11.5. The number of halogens is 1. The highest BCUT2D eigenvalue weighted by molar-refractivity contribution is 9.10. The van der Waals surface area contributed by atoms with Crippen LogP contribution < -0.4 is 4.74 Å². The van der Waals surface area contributed by atoms with Gasteiger partial charge in [0, 0.05) is 11.1 Å². The molecule has 0 aliphatic heterocycles. The molecule has 1 aromatic carbocycles. The van der Waals surface area contributed by atoms with Gasteiger partial charge in [-0.2, -0.15) is 0 Å². The number of unbranched alkanes of at least 4 members (excludes halogenated alkanes) is 1. The number of rotatable bonds is 8. The monoisotopic (exact) mass is 316 g/mol. The third-order valence-corrected chi connectivity index (χ3v) is 2.71. The van der Waals surface area contributed by atoms with Crippen LogP contribution in [0.15, 0.2) is 22.7 Å². The molecule has 0 atom stereocenters. The Kier molecular flexibility index (Phi) is 6.75. The molecule has 0 saturated carbocycles. The van der Waals surface area contributed by atoms with Gasteiger partial charge in [-0.1, -0.05) is 29.3 Å². The number of aromatic carboxylic acids is 1. The van der Waals surface area contributed by atoms with Crippen molar-refractivity contribution in [1.29, 1.82) is 0 Å². The van der Waals surface area contributed by atoms with Gasteiger partial charge in [0.15, 0.2) is 0 Å². The number of carboxylic acids is 1. The molecule has 4 nitrogen and oxygen atoms in total. The Morgan fingerprint density at radius 2 is 2.06 bits per heavy atom. The Bertz CT molecular complexity index is 393. The lowest BCUT2D eigenvalue weighted by Crippen LogP contribution is -2.08. The molecule has 0 aromatic heterocycles. The molecule has 0 unspecified atom stereocenters. The van der Waals surface area contributed by atoms with Gasteiger partial charge in [-0.05, 0) is 24.6 Å². The highest BCUT2D eigenvalue weighted by Crippen LogP contribution is 2.21. The number of ether oxygens (including phenoxy) is 2. The first kappa shape index (κ1) is 15.0. The van der Waals surface area contributed by atoms with Crippen LogP contribution in [-0.2, 0) is 4.74 Å². The van der Waals surface area contributed by atoms with Crippen LogP contribution in [0.5, 0.6) is 5.75 Å². The standard InChI is InChI=1S/C13H17BrO4/c1-2-3-4-17-5-6-18-12-8-10(13(15)16)7-11(14)9-12/h7-9H,2-6H2,1H3,(H,15,16). The van der Waals surface area contributed by atoms with E-state index in [-0.39, 0.29) is 5.56 Å². The third-order valence-electron chi connectivity index (χ3n) is 2.26. The molecule has 100 valence electrons. The van der Waals surface area contributed by atoms with E-state index in [0.29, 0.717) is 23.4 Å². The molecule has 0 spiro atoms. The van der Waals surface area contributed by atoms with Crippen LogP contribution in [0.4, 0.5) is 0 Å². The summed E-state index contributed by atoms with van der Waals surface area (Å²) >= 11 is 3.25. The molecule has 0 amide bonds. The van der Waals surface area contributed by atoms with E-state index >= 15 is 0 Å². The van der Waals surface area contributed by atoms with E-state index < -0.39 is 5.97 Å². The van der Waals surface area contributed by atoms with Gasteiger partial charge in [-0.15, -0.1) is 0 Å². The quantitative estimate of drug-likeness (QED) is 0.747. The fraction of sp³-hybridized carbons (Fsp3) is 0.462. The fourth-order valence-electron chi connectivity index (χ4n) is 1.34.